The van der Waals surface area contributed by atoms with Gasteiger partial charge in [-0.25, -0.2) is 0 Å². The lowest BCUT2D eigenvalue weighted by Gasteiger charge is -2.30. The van der Waals surface area contributed by atoms with Crippen LogP contribution in [-0.2, 0) is 10.8 Å². The average Bonchev–Trinajstić information content (AvgIpc) is 3.48. The molecular weight excluding hydrogens is 567 g/mol. The van der Waals surface area contributed by atoms with Gasteiger partial charge in [0.1, 0.15) is 0 Å². The Morgan fingerprint density at radius 1 is 0.404 bits per heavy atom. The lowest BCUT2D eigenvalue weighted by Crippen LogP contribution is -2.17. The quantitative estimate of drug-likeness (QED) is 0.193. The van der Waals surface area contributed by atoms with Gasteiger partial charge in [0.15, 0.2) is 0 Å². The summed E-state index contributed by atoms with van der Waals surface area (Å²) in [6, 6.07) is 56.2. The van der Waals surface area contributed by atoms with Crippen molar-refractivity contribution in [2.24, 2.45) is 0 Å². The standard InChI is InChI=1S/C46H37N/c1-45(2)40-20-12-9-18-38(40)44-35-25-23-32(28-31(35)22-27-41(44)45)47(43-21-13-10-16-34(43)30-14-6-5-7-15-30)33-24-26-37-36-17-8-11-19-39(36)46(3,4)42(37)29-33/h5-29H,1-4H3. The van der Waals surface area contributed by atoms with Crippen LogP contribution >= 0.6 is 0 Å². The summed E-state index contributed by atoms with van der Waals surface area (Å²) in [6.07, 6.45) is 0. The molecule has 0 fully saturated rings. The van der Waals surface area contributed by atoms with Crippen LogP contribution in [0.1, 0.15) is 49.9 Å². The average molecular weight is 604 g/mol. The zero-order chi connectivity index (χ0) is 31.9. The van der Waals surface area contributed by atoms with Crippen LogP contribution < -0.4 is 4.90 Å². The molecule has 0 bridgehead atoms. The van der Waals surface area contributed by atoms with E-state index in [4.69, 9.17) is 0 Å². The normalized spacial score (nSPS) is 14.7. The summed E-state index contributed by atoms with van der Waals surface area (Å²) in [6.45, 7) is 9.43. The Bertz CT molecular complexity index is 2360. The number of hydrogen-bond donors (Lipinski definition) is 0. The fourth-order valence-corrected chi connectivity index (χ4v) is 8.45. The summed E-state index contributed by atoms with van der Waals surface area (Å²) < 4.78 is 0. The van der Waals surface area contributed by atoms with Crippen LogP contribution in [0.15, 0.2) is 152 Å². The molecule has 0 saturated carbocycles. The fraction of sp³-hybridized carbons (Fsp3) is 0.130. The molecule has 0 radical (unpaired) electrons. The van der Waals surface area contributed by atoms with Crippen LogP contribution in [-0.4, -0.2) is 0 Å². The van der Waals surface area contributed by atoms with Gasteiger partial charge in [0.25, 0.3) is 0 Å². The van der Waals surface area contributed by atoms with Gasteiger partial charge in [0.2, 0.25) is 0 Å². The van der Waals surface area contributed by atoms with Crippen LogP contribution in [0.4, 0.5) is 17.1 Å². The minimum atomic E-state index is -0.0866. The molecule has 0 N–H and O–H groups in total. The Labute approximate surface area is 277 Å². The molecule has 0 atom stereocenters. The van der Waals surface area contributed by atoms with Gasteiger partial charge in [-0.2, -0.15) is 0 Å². The molecule has 0 heterocycles. The van der Waals surface area contributed by atoms with Crippen LogP contribution in [0.5, 0.6) is 0 Å². The summed E-state index contributed by atoms with van der Waals surface area (Å²) >= 11 is 0. The highest BCUT2D eigenvalue weighted by atomic mass is 15.1. The molecule has 0 aromatic heterocycles. The van der Waals surface area contributed by atoms with Gasteiger partial charge in [-0.1, -0.05) is 149 Å². The SMILES string of the molecule is CC1(C)c2ccccc2-c2ccc(N(c3ccc4c5c(ccc4c3)C(C)(C)c3ccccc3-5)c3ccccc3-c3ccccc3)cc21. The van der Waals surface area contributed by atoms with Crippen molar-refractivity contribution in [3.8, 4) is 33.4 Å². The van der Waals surface area contributed by atoms with Crippen molar-refractivity contribution in [3.05, 3.63) is 174 Å². The number of benzene rings is 7. The zero-order valence-electron chi connectivity index (χ0n) is 27.4. The third-order valence-electron chi connectivity index (χ3n) is 10.9. The molecule has 0 aliphatic heterocycles. The van der Waals surface area contributed by atoms with E-state index >= 15 is 0 Å². The van der Waals surface area contributed by atoms with Gasteiger partial charge in [-0.15, -0.1) is 0 Å². The highest BCUT2D eigenvalue weighted by molar-refractivity contribution is 6.04. The molecule has 7 aromatic rings. The van der Waals surface area contributed by atoms with E-state index in [1.807, 2.05) is 0 Å². The Morgan fingerprint density at radius 3 is 1.77 bits per heavy atom. The number of para-hydroxylation sites is 1. The molecular formula is C46H37N. The largest absolute Gasteiger partial charge is 0.310 e. The molecule has 9 rings (SSSR count). The molecule has 1 nitrogen and oxygen atoms in total. The minimum Gasteiger partial charge on any atom is -0.310 e. The van der Waals surface area contributed by atoms with Gasteiger partial charge >= 0.3 is 0 Å². The number of fused-ring (bicyclic) bond motifs is 8. The molecule has 2 aliphatic rings. The maximum Gasteiger partial charge on any atom is 0.0540 e. The lowest BCUT2D eigenvalue weighted by atomic mass is 9.82. The van der Waals surface area contributed by atoms with Crippen molar-refractivity contribution >= 4 is 27.8 Å². The Hall–Kier alpha value is -5.40. The molecule has 47 heavy (non-hydrogen) atoms. The monoisotopic (exact) mass is 603 g/mol. The van der Waals surface area contributed by atoms with Crippen molar-refractivity contribution in [1.82, 2.24) is 0 Å². The van der Waals surface area contributed by atoms with Gasteiger partial charge in [0.05, 0.1) is 5.69 Å². The number of anilines is 3. The smallest absolute Gasteiger partial charge is 0.0540 e. The molecule has 226 valence electrons. The molecule has 2 aliphatic carbocycles. The van der Waals surface area contributed by atoms with E-state index in [0.29, 0.717) is 0 Å². The van der Waals surface area contributed by atoms with E-state index in [0.717, 1.165) is 5.69 Å². The van der Waals surface area contributed by atoms with Crippen LogP contribution in [0.25, 0.3) is 44.2 Å². The maximum absolute atomic E-state index is 2.46. The topological polar surface area (TPSA) is 3.24 Å². The predicted molar refractivity (Wildman–Crippen MR) is 199 cm³/mol. The highest BCUT2D eigenvalue weighted by Gasteiger charge is 2.37. The van der Waals surface area contributed by atoms with E-state index in [1.54, 1.807) is 0 Å². The molecule has 7 aromatic carbocycles. The molecule has 0 amide bonds. The molecule has 1 heteroatoms. The minimum absolute atomic E-state index is 0.0196. The predicted octanol–water partition coefficient (Wildman–Crippen LogP) is 12.6. The molecule has 0 unspecified atom stereocenters. The first-order valence-corrected chi connectivity index (χ1v) is 16.7. The summed E-state index contributed by atoms with van der Waals surface area (Å²) in [5, 5.41) is 2.57. The third kappa shape index (κ3) is 4.02. The maximum atomic E-state index is 2.46. The van der Waals surface area contributed by atoms with Crippen molar-refractivity contribution in [2.45, 2.75) is 38.5 Å². The second kappa shape index (κ2) is 10.0. The van der Waals surface area contributed by atoms with Gasteiger partial charge in [-0.3, -0.25) is 0 Å². The molecule has 0 saturated heterocycles. The summed E-state index contributed by atoms with van der Waals surface area (Å²) in [5.41, 5.74) is 16.8. The van der Waals surface area contributed by atoms with Crippen LogP contribution in [0, 0.1) is 0 Å². The lowest BCUT2D eigenvalue weighted by molar-refractivity contribution is 0.660. The van der Waals surface area contributed by atoms with E-state index in [1.165, 1.54) is 77.8 Å². The van der Waals surface area contributed by atoms with Crippen LogP contribution in [0.3, 0.4) is 0 Å². The van der Waals surface area contributed by atoms with Crippen molar-refractivity contribution in [1.29, 1.82) is 0 Å². The number of hydrogen-bond acceptors (Lipinski definition) is 1. The highest BCUT2D eigenvalue weighted by Crippen LogP contribution is 2.53. The van der Waals surface area contributed by atoms with E-state index in [9.17, 15) is 0 Å². The van der Waals surface area contributed by atoms with E-state index in [-0.39, 0.29) is 10.8 Å². The second-order valence-corrected chi connectivity index (χ2v) is 14.2. The third-order valence-corrected chi connectivity index (χ3v) is 10.9. The Kier molecular flexibility index (Phi) is 5.96. The van der Waals surface area contributed by atoms with Crippen LogP contribution in [0.2, 0.25) is 0 Å². The van der Waals surface area contributed by atoms with Crippen molar-refractivity contribution in [2.75, 3.05) is 4.90 Å². The number of nitrogens with zero attached hydrogens (tertiary/aromatic N) is 1. The first-order chi connectivity index (χ1) is 22.8. The Morgan fingerprint density at radius 2 is 0.979 bits per heavy atom. The van der Waals surface area contributed by atoms with Gasteiger partial charge in [-0.05, 0) is 91.2 Å². The van der Waals surface area contributed by atoms with E-state index in [2.05, 4.69) is 184 Å². The summed E-state index contributed by atoms with van der Waals surface area (Å²) in [4.78, 5) is 2.46. The Balaban J connectivity index is 1.27. The fourth-order valence-electron chi connectivity index (χ4n) is 8.45. The summed E-state index contributed by atoms with van der Waals surface area (Å²) in [5.74, 6) is 0. The van der Waals surface area contributed by atoms with Crippen molar-refractivity contribution in [3.63, 3.8) is 0 Å². The van der Waals surface area contributed by atoms with Gasteiger partial charge in [0, 0.05) is 27.8 Å². The van der Waals surface area contributed by atoms with E-state index < -0.39 is 0 Å². The second-order valence-electron chi connectivity index (χ2n) is 14.2. The van der Waals surface area contributed by atoms with Gasteiger partial charge < -0.3 is 4.90 Å². The first kappa shape index (κ1) is 27.9. The molecule has 0 spiro atoms. The zero-order valence-corrected chi connectivity index (χ0v) is 27.4. The first-order valence-electron chi connectivity index (χ1n) is 16.7. The summed E-state index contributed by atoms with van der Waals surface area (Å²) in [7, 11) is 0. The number of rotatable bonds is 4. The van der Waals surface area contributed by atoms with Crippen molar-refractivity contribution < 1.29 is 0 Å².